The number of nitrogens with two attached hydrogens (primary N) is 1. The number of hydrogen-bond acceptors (Lipinski definition) is 4. The van der Waals surface area contributed by atoms with E-state index in [1.807, 2.05) is 44.3 Å². The van der Waals surface area contributed by atoms with E-state index in [4.69, 9.17) is 22.2 Å². The SMILES string of the molecule is CNC(C)[C@@H](ONC(=O)C(N)CCCCCCl)c1ccccc1. The van der Waals surface area contributed by atoms with E-state index < -0.39 is 6.04 Å². The minimum absolute atomic E-state index is 0.0395. The number of benzene rings is 1. The molecule has 23 heavy (non-hydrogen) atoms. The number of hydroxylamine groups is 1. The van der Waals surface area contributed by atoms with Crippen LogP contribution in [0.25, 0.3) is 0 Å². The van der Waals surface area contributed by atoms with Gasteiger partial charge >= 0.3 is 0 Å². The summed E-state index contributed by atoms with van der Waals surface area (Å²) in [6.45, 7) is 2.00. The minimum Gasteiger partial charge on any atom is -0.320 e. The molecule has 0 aliphatic rings. The number of likely N-dealkylation sites (N-methyl/N-ethyl adjacent to an activating group) is 1. The maximum Gasteiger partial charge on any atom is 0.260 e. The van der Waals surface area contributed by atoms with E-state index in [1.165, 1.54) is 0 Å². The summed E-state index contributed by atoms with van der Waals surface area (Å²) < 4.78 is 0. The zero-order chi connectivity index (χ0) is 17.1. The molecule has 0 saturated heterocycles. The first kappa shape index (κ1) is 19.9. The Morgan fingerprint density at radius 1 is 1.26 bits per heavy atom. The van der Waals surface area contributed by atoms with Crippen LogP contribution < -0.4 is 16.5 Å². The molecule has 4 N–H and O–H groups in total. The lowest BCUT2D eigenvalue weighted by atomic mass is 10.0. The molecule has 0 radical (unpaired) electrons. The third-order valence-electron chi connectivity index (χ3n) is 3.81. The van der Waals surface area contributed by atoms with Crippen molar-refractivity contribution < 1.29 is 9.63 Å². The molecule has 130 valence electrons. The van der Waals surface area contributed by atoms with Gasteiger partial charge in [0.25, 0.3) is 5.91 Å². The lowest BCUT2D eigenvalue weighted by Gasteiger charge is -2.24. The van der Waals surface area contributed by atoms with E-state index in [1.54, 1.807) is 0 Å². The molecule has 1 rings (SSSR count). The van der Waals surface area contributed by atoms with Gasteiger partial charge in [0.05, 0.1) is 6.04 Å². The molecule has 0 heterocycles. The third kappa shape index (κ3) is 7.31. The predicted octanol–water partition coefficient (Wildman–Crippen LogP) is 2.51. The minimum atomic E-state index is -0.563. The number of alkyl halides is 1. The molecule has 0 saturated carbocycles. The van der Waals surface area contributed by atoms with Crippen molar-refractivity contribution in [3.05, 3.63) is 35.9 Å². The Kier molecular flexibility index (Phi) is 9.87. The first-order chi connectivity index (χ1) is 11.1. The Hall–Kier alpha value is -1.14. The number of carbonyl (C=O) groups excluding carboxylic acids is 1. The van der Waals surface area contributed by atoms with E-state index in [9.17, 15) is 4.79 Å². The summed E-state index contributed by atoms with van der Waals surface area (Å²) in [6, 6.07) is 9.24. The summed E-state index contributed by atoms with van der Waals surface area (Å²) in [5.41, 5.74) is 9.39. The Morgan fingerprint density at radius 3 is 2.57 bits per heavy atom. The van der Waals surface area contributed by atoms with Crippen molar-refractivity contribution in [1.82, 2.24) is 10.8 Å². The second-order valence-corrected chi connectivity index (χ2v) is 6.02. The van der Waals surface area contributed by atoms with Crippen molar-refractivity contribution in [2.75, 3.05) is 12.9 Å². The number of amides is 1. The summed E-state index contributed by atoms with van der Waals surface area (Å²) in [5.74, 6) is 0.352. The summed E-state index contributed by atoms with van der Waals surface area (Å²) in [4.78, 5) is 17.7. The molecule has 5 nitrogen and oxygen atoms in total. The molecule has 0 spiro atoms. The molecule has 0 aromatic heterocycles. The van der Waals surface area contributed by atoms with Crippen molar-refractivity contribution in [1.29, 1.82) is 0 Å². The highest BCUT2D eigenvalue weighted by Gasteiger charge is 2.21. The van der Waals surface area contributed by atoms with Crippen molar-refractivity contribution >= 4 is 17.5 Å². The lowest BCUT2D eigenvalue weighted by molar-refractivity contribution is -0.141. The van der Waals surface area contributed by atoms with Gasteiger partial charge in [0.1, 0.15) is 6.10 Å². The van der Waals surface area contributed by atoms with Crippen LogP contribution in [0, 0.1) is 0 Å². The highest BCUT2D eigenvalue weighted by molar-refractivity contribution is 6.17. The highest BCUT2D eigenvalue weighted by atomic mass is 35.5. The maximum atomic E-state index is 12.0. The fourth-order valence-electron chi connectivity index (χ4n) is 2.22. The molecule has 1 amide bonds. The third-order valence-corrected chi connectivity index (χ3v) is 4.08. The van der Waals surface area contributed by atoms with E-state index in [-0.39, 0.29) is 18.1 Å². The van der Waals surface area contributed by atoms with Gasteiger partial charge in [-0.2, -0.15) is 0 Å². The average Bonchev–Trinajstić information content (AvgIpc) is 2.59. The monoisotopic (exact) mass is 341 g/mol. The molecular weight excluding hydrogens is 314 g/mol. The quantitative estimate of drug-likeness (QED) is 0.328. The molecule has 2 unspecified atom stereocenters. The van der Waals surface area contributed by atoms with Crippen LogP contribution in [0.2, 0.25) is 0 Å². The zero-order valence-corrected chi connectivity index (χ0v) is 14.7. The molecule has 0 aliphatic carbocycles. The summed E-state index contributed by atoms with van der Waals surface area (Å²) in [5, 5.41) is 3.14. The van der Waals surface area contributed by atoms with Crippen LogP contribution in [-0.4, -0.2) is 30.9 Å². The smallest absolute Gasteiger partial charge is 0.260 e. The summed E-state index contributed by atoms with van der Waals surface area (Å²) in [7, 11) is 1.86. The van der Waals surface area contributed by atoms with Crippen LogP contribution in [-0.2, 0) is 9.63 Å². The maximum absolute atomic E-state index is 12.0. The van der Waals surface area contributed by atoms with Gasteiger partial charge in [0.2, 0.25) is 0 Å². The van der Waals surface area contributed by atoms with E-state index in [2.05, 4.69) is 10.8 Å². The van der Waals surface area contributed by atoms with Gasteiger partial charge in [-0.1, -0.05) is 43.2 Å². The fourth-order valence-corrected chi connectivity index (χ4v) is 2.41. The number of nitrogens with one attached hydrogen (secondary N) is 2. The van der Waals surface area contributed by atoms with E-state index in [0.29, 0.717) is 12.3 Å². The molecule has 0 bridgehead atoms. The zero-order valence-electron chi connectivity index (χ0n) is 13.9. The molecule has 1 aromatic rings. The standard InChI is InChI=1S/C17H28ClN3O2/c1-13(20-2)16(14-9-5-3-6-10-14)23-21-17(22)15(19)11-7-4-8-12-18/h3,5-6,9-10,13,15-16,20H,4,7-8,11-12,19H2,1-2H3,(H,21,22)/t13?,15?,16-/m1/s1. The van der Waals surface area contributed by atoms with Crippen LogP contribution in [0.15, 0.2) is 30.3 Å². The van der Waals surface area contributed by atoms with Gasteiger partial charge in [-0.25, -0.2) is 5.48 Å². The van der Waals surface area contributed by atoms with Gasteiger partial charge in [0, 0.05) is 11.9 Å². The van der Waals surface area contributed by atoms with Gasteiger partial charge in [-0.15, -0.1) is 11.6 Å². The summed E-state index contributed by atoms with van der Waals surface area (Å²) >= 11 is 5.63. The van der Waals surface area contributed by atoms with Crippen molar-refractivity contribution in [2.45, 2.75) is 50.8 Å². The first-order valence-electron chi connectivity index (χ1n) is 8.09. The van der Waals surface area contributed by atoms with Crippen LogP contribution in [0.1, 0.15) is 44.3 Å². The van der Waals surface area contributed by atoms with Crippen molar-refractivity contribution in [2.24, 2.45) is 5.73 Å². The Morgan fingerprint density at radius 2 is 1.96 bits per heavy atom. The molecule has 0 fully saturated rings. The Bertz CT molecular complexity index is 445. The number of carbonyl (C=O) groups is 1. The lowest BCUT2D eigenvalue weighted by Crippen LogP contribution is -2.43. The molecule has 6 heteroatoms. The van der Waals surface area contributed by atoms with Crippen molar-refractivity contribution in [3.63, 3.8) is 0 Å². The largest absolute Gasteiger partial charge is 0.320 e. The molecule has 1 aromatic carbocycles. The highest BCUT2D eigenvalue weighted by Crippen LogP contribution is 2.20. The van der Waals surface area contributed by atoms with E-state index >= 15 is 0 Å². The van der Waals surface area contributed by atoms with Gasteiger partial charge in [-0.3, -0.25) is 9.63 Å². The number of rotatable bonds is 11. The molecule has 0 aliphatic heterocycles. The molecular formula is C17H28ClN3O2. The van der Waals surface area contributed by atoms with Crippen LogP contribution in [0.4, 0.5) is 0 Å². The van der Waals surface area contributed by atoms with Crippen LogP contribution >= 0.6 is 11.6 Å². The average molecular weight is 342 g/mol. The number of halogens is 1. The second-order valence-electron chi connectivity index (χ2n) is 5.64. The van der Waals surface area contributed by atoms with Gasteiger partial charge < -0.3 is 11.1 Å². The molecule has 3 atom stereocenters. The first-order valence-corrected chi connectivity index (χ1v) is 8.62. The summed E-state index contributed by atoms with van der Waals surface area (Å²) in [6.07, 6.45) is 3.16. The predicted molar refractivity (Wildman–Crippen MR) is 94.1 cm³/mol. The van der Waals surface area contributed by atoms with Gasteiger partial charge in [0.15, 0.2) is 0 Å². The van der Waals surface area contributed by atoms with Crippen LogP contribution in [0.5, 0.6) is 0 Å². The van der Waals surface area contributed by atoms with Crippen LogP contribution in [0.3, 0.4) is 0 Å². The van der Waals surface area contributed by atoms with Gasteiger partial charge in [-0.05, 0) is 32.4 Å². The van der Waals surface area contributed by atoms with Crippen molar-refractivity contribution in [3.8, 4) is 0 Å². The fraction of sp³-hybridized carbons (Fsp3) is 0.588. The normalized spacial score (nSPS) is 15.0. The topological polar surface area (TPSA) is 76.4 Å². The Balaban J connectivity index is 2.49. The Labute approximate surface area is 143 Å². The number of hydrogen-bond donors (Lipinski definition) is 3. The number of unbranched alkanes of at least 4 members (excludes halogenated alkanes) is 2. The second kappa shape index (κ2) is 11.4. The van der Waals surface area contributed by atoms with E-state index in [0.717, 1.165) is 24.8 Å².